The SMILES string of the molecule is CC(Nc1c(Cl)cc(Cl)cc1Cl)c1cc(O)cc(O)c1. The summed E-state index contributed by atoms with van der Waals surface area (Å²) in [5.41, 5.74) is 1.25. The summed E-state index contributed by atoms with van der Waals surface area (Å²) in [6.45, 7) is 1.86. The predicted molar refractivity (Wildman–Crippen MR) is 83.3 cm³/mol. The number of nitrogens with one attached hydrogen (secondary N) is 1. The molecule has 2 rings (SSSR count). The van der Waals surface area contributed by atoms with Crippen molar-refractivity contribution in [2.45, 2.75) is 13.0 Å². The van der Waals surface area contributed by atoms with E-state index < -0.39 is 0 Å². The molecule has 0 bridgehead atoms. The van der Waals surface area contributed by atoms with Gasteiger partial charge in [0.25, 0.3) is 0 Å². The quantitative estimate of drug-likeness (QED) is 0.721. The van der Waals surface area contributed by atoms with Crippen LogP contribution in [0.1, 0.15) is 18.5 Å². The highest BCUT2D eigenvalue weighted by Gasteiger charge is 2.13. The van der Waals surface area contributed by atoms with Crippen molar-refractivity contribution in [3.05, 3.63) is 51.0 Å². The number of phenolic OH excluding ortho intramolecular Hbond substituents is 2. The summed E-state index contributed by atoms with van der Waals surface area (Å²) in [5, 5.41) is 23.4. The van der Waals surface area contributed by atoms with E-state index in [2.05, 4.69) is 5.32 Å². The first-order chi connectivity index (χ1) is 9.36. The maximum Gasteiger partial charge on any atom is 0.119 e. The van der Waals surface area contributed by atoms with Crippen LogP contribution >= 0.6 is 34.8 Å². The van der Waals surface area contributed by atoms with Crippen molar-refractivity contribution in [1.82, 2.24) is 0 Å². The smallest absolute Gasteiger partial charge is 0.119 e. The number of aromatic hydroxyl groups is 2. The van der Waals surface area contributed by atoms with Gasteiger partial charge in [0.2, 0.25) is 0 Å². The molecule has 0 spiro atoms. The summed E-state index contributed by atoms with van der Waals surface area (Å²) in [4.78, 5) is 0. The second-order valence-electron chi connectivity index (χ2n) is 4.39. The van der Waals surface area contributed by atoms with Gasteiger partial charge in [0.15, 0.2) is 0 Å². The van der Waals surface area contributed by atoms with Crippen molar-refractivity contribution >= 4 is 40.5 Å². The lowest BCUT2D eigenvalue weighted by molar-refractivity contribution is 0.448. The molecule has 0 heterocycles. The van der Waals surface area contributed by atoms with E-state index in [9.17, 15) is 10.2 Å². The summed E-state index contributed by atoms with van der Waals surface area (Å²) in [6.07, 6.45) is 0. The summed E-state index contributed by atoms with van der Waals surface area (Å²) in [7, 11) is 0. The second-order valence-corrected chi connectivity index (χ2v) is 5.64. The van der Waals surface area contributed by atoms with Crippen molar-refractivity contribution in [2.75, 3.05) is 5.32 Å². The van der Waals surface area contributed by atoms with Gasteiger partial charge in [-0.25, -0.2) is 0 Å². The maximum atomic E-state index is 9.50. The van der Waals surface area contributed by atoms with E-state index in [-0.39, 0.29) is 17.5 Å². The largest absolute Gasteiger partial charge is 0.508 e. The zero-order valence-corrected chi connectivity index (χ0v) is 12.8. The average Bonchev–Trinajstić information content (AvgIpc) is 2.32. The van der Waals surface area contributed by atoms with Crippen molar-refractivity contribution in [3.63, 3.8) is 0 Å². The molecule has 1 atom stereocenters. The summed E-state index contributed by atoms with van der Waals surface area (Å²) in [6, 6.07) is 7.32. The second kappa shape index (κ2) is 6.00. The first kappa shape index (κ1) is 15.1. The van der Waals surface area contributed by atoms with Crippen LogP contribution in [0.2, 0.25) is 15.1 Å². The van der Waals surface area contributed by atoms with Gasteiger partial charge in [-0.2, -0.15) is 0 Å². The molecule has 0 saturated carbocycles. The lowest BCUT2D eigenvalue weighted by Gasteiger charge is -2.18. The van der Waals surface area contributed by atoms with E-state index in [0.717, 1.165) is 0 Å². The van der Waals surface area contributed by atoms with Gasteiger partial charge in [-0.3, -0.25) is 0 Å². The highest BCUT2D eigenvalue weighted by molar-refractivity contribution is 6.41. The molecular weight excluding hydrogens is 321 g/mol. The van der Waals surface area contributed by atoms with Gasteiger partial charge in [-0.05, 0) is 36.8 Å². The number of hydrogen-bond donors (Lipinski definition) is 3. The third-order valence-corrected chi connectivity index (χ3v) is 3.61. The molecule has 0 aromatic heterocycles. The Morgan fingerprint density at radius 1 is 0.900 bits per heavy atom. The average molecular weight is 333 g/mol. The monoisotopic (exact) mass is 331 g/mol. The molecule has 0 aliphatic rings. The van der Waals surface area contributed by atoms with Crippen LogP contribution in [-0.2, 0) is 0 Å². The normalized spacial score (nSPS) is 12.2. The van der Waals surface area contributed by atoms with Gasteiger partial charge in [0.1, 0.15) is 11.5 Å². The van der Waals surface area contributed by atoms with Crippen LogP contribution in [-0.4, -0.2) is 10.2 Å². The minimum absolute atomic E-state index is 0.0121. The van der Waals surface area contributed by atoms with E-state index in [4.69, 9.17) is 34.8 Å². The minimum Gasteiger partial charge on any atom is -0.508 e. The molecule has 6 heteroatoms. The third-order valence-electron chi connectivity index (χ3n) is 2.79. The van der Waals surface area contributed by atoms with Crippen molar-refractivity contribution in [2.24, 2.45) is 0 Å². The Morgan fingerprint density at radius 2 is 1.40 bits per heavy atom. The van der Waals surface area contributed by atoms with Gasteiger partial charge < -0.3 is 15.5 Å². The van der Waals surface area contributed by atoms with Gasteiger partial charge in [-0.15, -0.1) is 0 Å². The molecule has 2 aromatic rings. The molecular formula is C14H12Cl3NO2. The van der Waals surface area contributed by atoms with Crippen LogP contribution < -0.4 is 5.32 Å². The zero-order valence-electron chi connectivity index (χ0n) is 10.5. The fraction of sp³-hybridized carbons (Fsp3) is 0.143. The zero-order chi connectivity index (χ0) is 14.9. The molecule has 0 radical (unpaired) electrons. The Bertz CT molecular complexity index is 603. The topological polar surface area (TPSA) is 52.5 Å². The molecule has 1 unspecified atom stereocenters. The molecule has 106 valence electrons. The van der Waals surface area contributed by atoms with Crippen molar-refractivity contribution in [1.29, 1.82) is 0 Å². The Morgan fingerprint density at radius 3 is 1.90 bits per heavy atom. The Labute approximate surface area is 131 Å². The molecule has 0 fully saturated rings. The predicted octanol–water partition coefficient (Wildman–Crippen LogP) is 5.23. The van der Waals surface area contributed by atoms with Crippen molar-refractivity contribution in [3.8, 4) is 11.5 Å². The lowest BCUT2D eigenvalue weighted by Crippen LogP contribution is -2.07. The van der Waals surface area contributed by atoms with E-state index >= 15 is 0 Å². The van der Waals surface area contributed by atoms with Gasteiger partial charge >= 0.3 is 0 Å². The molecule has 0 saturated heterocycles. The number of benzene rings is 2. The molecule has 2 aromatic carbocycles. The van der Waals surface area contributed by atoms with Crippen LogP contribution in [0.5, 0.6) is 11.5 Å². The lowest BCUT2D eigenvalue weighted by atomic mass is 10.1. The summed E-state index contributed by atoms with van der Waals surface area (Å²) < 4.78 is 0. The molecule has 20 heavy (non-hydrogen) atoms. The molecule has 0 aliphatic carbocycles. The molecule has 3 N–H and O–H groups in total. The first-order valence-electron chi connectivity index (χ1n) is 5.81. The van der Waals surface area contributed by atoms with Crippen LogP contribution in [0.25, 0.3) is 0 Å². The maximum absolute atomic E-state index is 9.50. The van der Waals surface area contributed by atoms with Crippen LogP contribution in [0.3, 0.4) is 0 Å². The molecule has 3 nitrogen and oxygen atoms in total. The highest BCUT2D eigenvalue weighted by atomic mass is 35.5. The minimum atomic E-state index is -0.218. The third kappa shape index (κ3) is 3.42. The van der Waals surface area contributed by atoms with Gasteiger partial charge in [0, 0.05) is 17.1 Å². The Balaban J connectivity index is 2.30. The Kier molecular flexibility index (Phi) is 4.53. The highest BCUT2D eigenvalue weighted by Crippen LogP contribution is 2.36. The number of phenols is 2. The van der Waals surface area contributed by atoms with Gasteiger partial charge in [0.05, 0.1) is 15.7 Å². The van der Waals surface area contributed by atoms with Gasteiger partial charge in [-0.1, -0.05) is 34.8 Å². The van der Waals surface area contributed by atoms with Crippen LogP contribution in [0.4, 0.5) is 5.69 Å². The fourth-order valence-electron chi connectivity index (χ4n) is 1.85. The summed E-state index contributed by atoms with van der Waals surface area (Å²) in [5.74, 6) is -0.0242. The molecule has 0 amide bonds. The van der Waals surface area contributed by atoms with E-state index in [1.54, 1.807) is 24.3 Å². The van der Waals surface area contributed by atoms with E-state index in [0.29, 0.717) is 26.3 Å². The number of hydrogen-bond acceptors (Lipinski definition) is 3. The standard InChI is InChI=1S/C14H12Cl3NO2/c1-7(8-2-10(19)6-11(20)3-8)18-14-12(16)4-9(15)5-13(14)17/h2-7,18-20H,1H3. The number of rotatable bonds is 3. The van der Waals surface area contributed by atoms with Crippen LogP contribution in [0, 0.1) is 0 Å². The van der Waals surface area contributed by atoms with Crippen molar-refractivity contribution < 1.29 is 10.2 Å². The fourth-order valence-corrected chi connectivity index (χ4v) is 2.77. The molecule has 0 aliphatic heterocycles. The van der Waals surface area contributed by atoms with E-state index in [1.807, 2.05) is 6.92 Å². The first-order valence-corrected chi connectivity index (χ1v) is 6.94. The van der Waals surface area contributed by atoms with E-state index in [1.165, 1.54) is 6.07 Å². The summed E-state index contributed by atoms with van der Waals surface area (Å²) >= 11 is 18.1. The number of halogens is 3. The Hall–Kier alpha value is -1.29. The van der Waals surface area contributed by atoms with Crippen LogP contribution in [0.15, 0.2) is 30.3 Å². The number of anilines is 1.